The average molecular weight is 600 g/mol. The first-order valence-electron chi connectivity index (χ1n) is 10.4. The Morgan fingerprint density at radius 2 is 1.73 bits per heavy atom. The summed E-state index contributed by atoms with van der Waals surface area (Å²) >= 11 is 11.0. The van der Waals surface area contributed by atoms with Crippen LogP contribution in [-0.4, -0.2) is 34.4 Å². The molecule has 30 heavy (non-hydrogen) atoms. The second kappa shape index (κ2) is 9.31. The van der Waals surface area contributed by atoms with Gasteiger partial charge in [-0.15, -0.1) is 0 Å². The molecule has 0 radical (unpaired) electrons. The molecule has 1 fully saturated rings. The number of pyridine rings is 1. The lowest BCUT2D eigenvalue weighted by Gasteiger charge is -2.34. The molecule has 0 aliphatic carbocycles. The maximum Gasteiger partial charge on any atom is 0.147 e. The van der Waals surface area contributed by atoms with Crippen LogP contribution in [0.5, 0.6) is 0 Å². The fourth-order valence-electron chi connectivity index (χ4n) is 4.54. The van der Waals surface area contributed by atoms with Gasteiger partial charge in [0.05, 0.1) is 5.69 Å². The second-order valence-electron chi connectivity index (χ2n) is 8.18. The number of aliphatic hydroxyl groups excluding tert-OH is 1. The van der Waals surface area contributed by atoms with E-state index in [1.165, 1.54) is 29.5 Å². The van der Waals surface area contributed by atoms with Gasteiger partial charge in [0.15, 0.2) is 0 Å². The van der Waals surface area contributed by atoms with E-state index in [1.807, 2.05) is 0 Å². The van der Waals surface area contributed by atoms with Crippen LogP contribution in [0, 0.1) is 19.8 Å². The number of fused-ring (bicyclic) bond motifs is 1. The molecule has 4 nitrogen and oxygen atoms in total. The molecule has 0 bridgehead atoms. The molecule has 0 amide bonds. The van der Waals surface area contributed by atoms with E-state index in [0.29, 0.717) is 6.61 Å². The minimum absolute atomic E-state index is 0.304. The Balaban J connectivity index is 1.76. The number of nitrogens with zero attached hydrogens (tertiary/aromatic N) is 3. The van der Waals surface area contributed by atoms with Crippen LogP contribution in [0.2, 0.25) is 0 Å². The van der Waals surface area contributed by atoms with E-state index in [2.05, 4.69) is 95.5 Å². The van der Waals surface area contributed by atoms with Crippen LogP contribution in [0.25, 0.3) is 16.7 Å². The second-order valence-corrected chi connectivity index (χ2v) is 10.8. The van der Waals surface area contributed by atoms with Crippen LogP contribution in [0.15, 0.2) is 37.8 Å². The van der Waals surface area contributed by atoms with Gasteiger partial charge in [0.2, 0.25) is 0 Å². The Morgan fingerprint density at radius 1 is 1.07 bits per heavy atom. The van der Waals surface area contributed by atoms with E-state index in [1.54, 1.807) is 0 Å². The van der Waals surface area contributed by atoms with Crippen molar-refractivity contribution in [2.45, 2.75) is 39.5 Å². The fourth-order valence-corrected chi connectivity index (χ4v) is 7.18. The Labute approximate surface area is 203 Å². The molecule has 1 aliphatic heterocycles. The largest absolute Gasteiger partial charge is 0.396 e. The number of aryl methyl sites for hydroxylation is 2. The number of benzene rings is 1. The molecule has 0 spiro atoms. The number of piperidine rings is 1. The lowest BCUT2D eigenvalue weighted by Crippen LogP contribution is -2.34. The lowest BCUT2D eigenvalue weighted by atomic mass is 9.92. The minimum atomic E-state index is 0.304. The molecule has 0 unspecified atom stereocenters. The van der Waals surface area contributed by atoms with Gasteiger partial charge in [-0.05, 0) is 101 Å². The molecule has 3 aromatic rings. The highest BCUT2D eigenvalue weighted by molar-refractivity contribution is 9.11. The van der Waals surface area contributed by atoms with Crippen molar-refractivity contribution in [1.29, 1.82) is 0 Å². The van der Waals surface area contributed by atoms with Crippen molar-refractivity contribution in [1.82, 2.24) is 9.55 Å². The van der Waals surface area contributed by atoms with Crippen molar-refractivity contribution in [3.05, 3.63) is 49.1 Å². The summed E-state index contributed by atoms with van der Waals surface area (Å²) in [7, 11) is 0. The van der Waals surface area contributed by atoms with Crippen molar-refractivity contribution in [2.75, 3.05) is 24.6 Å². The predicted octanol–water partition coefficient (Wildman–Crippen LogP) is 6.92. The van der Waals surface area contributed by atoms with Gasteiger partial charge in [0, 0.05) is 56.1 Å². The van der Waals surface area contributed by atoms with Crippen LogP contribution in [0.3, 0.4) is 0 Å². The van der Waals surface area contributed by atoms with Gasteiger partial charge in [-0.3, -0.25) is 4.57 Å². The first-order chi connectivity index (χ1) is 14.4. The van der Waals surface area contributed by atoms with Gasteiger partial charge in [0.25, 0.3) is 0 Å². The Bertz CT molecular complexity index is 1050. The molecular formula is C23H26Br3N3O. The van der Waals surface area contributed by atoms with Crippen LogP contribution in [0.1, 0.15) is 36.9 Å². The van der Waals surface area contributed by atoms with Crippen LogP contribution in [0.4, 0.5) is 5.69 Å². The SMILES string of the molecule is Cc1cc(N2CCC(CCCO)CC2)c2c(C)cn(-c3c(Br)cc(Br)cc3Br)c2n1. The number of anilines is 1. The van der Waals surface area contributed by atoms with E-state index in [4.69, 9.17) is 10.1 Å². The Hall–Kier alpha value is -0.890. The summed E-state index contributed by atoms with van der Waals surface area (Å²) < 4.78 is 5.23. The van der Waals surface area contributed by atoms with Gasteiger partial charge < -0.3 is 10.0 Å². The first-order valence-corrected chi connectivity index (χ1v) is 12.8. The van der Waals surface area contributed by atoms with Gasteiger partial charge in [-0.1, -0.05) is 15.9 Å². The molecule has 0 saturated carbocycles. The van der Waals surface area contributed by atoms with Gasteiger partial charge in [-0.25, -0.2) is 4.98 Å². The summed E-state index contributed by atoms with van der Waals surface area (Å²) in [4.78, 5) is 7.47. The van der Waals surface area contributed by atoms with Crippen molar-refractivity contribution in [3.63, 3.8) is 0 Å². The van der Waals surface area contributed by atoms with Crippen LogP contribution >= 0.6 is 47.8 Å². The third kappa shape index (κ3) is 4.36. The molecule has 1 aliphatic rings. The zero-order valence-corrected chi connectivity index (χ0v) is 22.0. The lowest BCUT2D eigenvalue weighted by molar-refractivity contribution is 0.261. The van der Waals surface area contributed by atoms with Crippen molar-refractivity contribution in [3.8, 4) is 5.69 Å². The highest BCUT2D eigenvalue weighted by Gasteiger charge is 2.24. The highest BCUT2D eigenvalue weighted by atomic mass is 79.9. The van der Waals surface area contributed by atoms with Gasteiger partial charge in [0.1, 0.15) is 5.65 Å². The van der Waals surface area contributed by atoms with E-state index in [9.17, 15) is 0 Å². The van der Waals surface area contributed by atoms with Gasteiger partial charge in [-0.2, -0.15) is 0 Å². The Kier molecular flexibility index (Phi) is 6.92. The normalized spacial score (nSPS) is 15.3. The molecule has 1 saturated heterocycles. The van der Waals surface area contributed by atoms with Crippen LogP contribution < -0.4 is 4.90 Å². The standard InChI is InChI=1S/C23H26Br3N3O/c1-14-13-29(22-18(25)11-17(24)12-19(22)26)23-21(14)20(10-15(2)27-23)28-7-5-16(6-8-28)4-3-9-30/h10-13,16,30H,3-9H2,1-2H3. The minimum Gasteiger partial charge on any atom is -0.396 e. The molecule has 4 rings (SSSR count). The number of aliphatic hydroxyl groups is 1. The molecule has 1 aromatic carbocycles. The van der Waals surface area contributed by atoms with E-state index in [-0.39, 0.29) is 0 Å². The average Bonchev–Trinajstić information content (AvgIpc) is 3.01. The third-order valence-corrected chi connectivity index (χ3v) is 7.67. The number of rotatable bonds is 5. The quantitative estimate of drug-likeness (QED) is 0.346. The van der Waals surface area contributed by atoms with E-state index < -0.39 is 0 Å². The number of aromatic nitrogens is 2. The molecular weight excluding hydrogens is 574 g/mol. The van der Waals surface area contributed by atoms with Gasteiger partial charge >= 0.3 is 0 Å². The van der Waals surface area contributed by atoms with E-state index >= 15 is 0 Å². The summed E-state index contributed by atoms with van der Waals surface area (Å²) in [6.45, 7) is 6.68. The molecule has 0 atom stereocenters. The van der Waals surface area contributed by atoms with E-state index in [0.717, 1.165) is 62.3 Å². The maximum absolute atomic E-state index is 9.13. The molecule has 160 valence electrons. The smallest absolute Gasteiger partial charge is 0.147 e. The number of hydrogen-bond donors (Lipinski definition) is 1. The van der Waals surface area contributed by atoms with Crippen LogP contribution in [-0.2, 0) is 0 Å². The summed E-state index contributed by atoms with van der Waals surface area (Å²) in [5.74, 6) is 0.729. The predicted molar refractivity (Wildman–Crippen MR) is 135 cm³/mol. The zero-order valence-electron chi connectivity index (χ0n) is 17.3. The highest BCUT2D eigenvalue weighted by Crippen LogP contribution is 2.39. The third-order valence-electron chi connectivity index (χ3n) is 6.00. The van der Waals surface area contributed by atoms with Crippen molar-refractivity contribution < 1.29 is 5.11 Å². The fraction of sp³-hybridized carbons (Fsp3) is 0.435. The first kappa shape index (κ1) is 22.3. The topological polar surface area (TPSA) is 41.3 Å². The molecule has 1 N–H and O–H groups in total. The summed E-state index contributed by atoms with van der Waals surface area (Å²) in [5.41, 5.74) is 5.61. The molecule has 2 aromatic heterocycles. The number of halogens is 3. The summed E-state index contributed by atoms with van der Waals surface area (Å²) in [6.07, 6.45) is 6.62. The molecule has 3 heterocycles. The molecule has 7 heteroatoms. The maximum atomic E-state index is 9.13. The summed E-state index contributed by atoms with van der Waals surface area (Å²) in [5, 5.41) is 10.4. The summed E-state index contributed by atoms with van der Waals surface area (Å²) in [6, 6.07) is 6.36. The number of hydrogen-bond acceptors (Lipinski definition) is 3. The van der Waals surface area contributed by atoms with Crippen molar-refractivity contribution >= 4 is 64.5 Å². The Morgan fingerprint density at radius 3 is 2.37 bits per heavy atom. The monoisotopic (exact) mass is 597 g/mol. The van der Waals surface area contributed by atoms with Crippen molar-refractivity contribution in [2.24, 2.45) is 5.92 Å². The zero-order chi connectivity index (χ0) is 21.4.